The van der Waals surface area contributed by atoms with E-state index in [0.29, 0.717) is 0 Å². The van der Waals surface area contributed by atoms with Gasteiger partial charge in [0, 0.05) is 0 Å². The van der Waals surface area contributed by atoms with Gasteiger partial charge in [0.2, 0.25) is 0 Å². The van der Waals surface area contributed by atoms with E-state index in [1.165, 1.54) is 0 Å². The van der Waals surface area contributed by atoms with E-state index in [1.54, 1.807) is 0 Å². The predicted octanol–water partition coefficient (Wildman–Crippen LogP) is 0.637. The normalized spacial score (nSPS) is 9.90. The van der Waals surface area contributed by atoms with Crippen LogP contribution in [0.4, 0.5) is 0 Å². The molecule has 0 aromatic heterocycles. The minimum atomic E-state index is -2.21. The number of carboxylic acid groups (broad SMARTS) is 1. The van der Waals surface area contributed by atoms with Crippen molar-refractivity contribution in [3.63, 3.8) is 0 Å². The fourth-order valence-electron chi connectivity index (χ4n) is 0.251. The molecule has 0 bridgehead atoms. The van der Waals surface area contributed by atoms with Crippen molar-refractivity contribution in [3.8, 4) is 0 Å². The summed E-state index contributed by atoms with van der Waals surface area (Å²) in [5.41, 5.74) is 0. The number of aliphatic carboxylic acids is 1. The first-order chi connectivity index (χ1) is 4.42. The molecule has 0 amide bonds. The number of carboxylic acids is 1. The average molecular weight is 250 g/mol. The van der Waals surface area contributed by atoms with Crippen LogP contribution in [-0.2, 0) is 4.79 Å². The number of hydrogen-bond donors (Lipinski definition) is 1. The molecule has 0 atom stereocenters. The fourth-order valence-corrected chi connectivity index (χ4v) is 1.40. The first-order valence-electron chi connectivity index (χ1n) is 2.90. The summed E-state index contributed by atoms with van der Waals surface area (Å²) in [6, 6.07) is 0. The SMILES string of the molecule is [CH3][Sn]([CH3])([CH3])[N]=[N+]=CC(=O)O. The molecule has 0 rings (SSSR count). The molecule has 0 unspecified atom stereocenters. The third kappa shape index (κ3) is 7.65. The standard InChI is InChI=1S/C2H2N2O2.3CH3.Sn/c3-4-1-2(5)6;;;;/h1H,(H,5,6);3*1H3;/q;;;;+1. The first kappa shape index (κ1) is 9.65. The maximum absolute atomic E-state index is 9.90. The van der Waals surface area contributed by atoms with Crippen molar-refractivity contribution < 1.29 is 14.7 Å². The van der Waals surface area contributed by atoms with Gasteiger partial charge in [0.1, 0.15) is 0 Å². The zero-order valence-electron chi connectivity index (χ0n) is 6.33. The Kier molecular flexibility index (Phi) is 3.60. The van der Waals surface area contributed by atoms with E-state index in [0.717, 1.165) is 6.21 Å². The molecule has 0 fully saturated rings. The van der Waals surface area contributed by atoms with Crippen LogP contribution in [-0.4, -0.2) is 40.7 Å². The average Bonchev–Trinajstić information content (AvgIpc) is 1.59. The summed E-state index contributed by atoms with van der Waals surface area (Å²) in [6.45, 7) is 0. The molecule has 0 aromatic rings. The van der Waals surface area contributed by atoms with Gasteiger partial charge in [0.05, 0.1) is 0 Å². The number of carbonyl (C=O) groups is 1. The Morgan fingerprint density at radius 1 is 1.60 bits per heavy atom. The molecule has 10 heavy (non-hydrogen) atoms. The van der Waals surface area contributed by atoms with Crippen molar-refractivity contribution in [2.24, 2.45) is 3.34 Å². The molecule has 0 heterocycles. The van der Waals surface area contributed by atoms with Crippen LogP contribution in [0.25, 0.3) is 0 Å². The summed E-state index contributed by atoms with van der Waals surface area (Å²) in [4.78, 5) is 19.5. The van der Waals surface area contributed by atoms with E-state index < -0.39 is 24.6 Å². The van der Waals surface area contributed by atoms with Crippen molar-refractivity contribution in [3.05, 3.63) is 0 Å². The molecular formula is C5H11N2O2Sn+. The van der Waals surface area contributed by atoms with Crippen LogP contribution in [0.2, 0.25) is 14.8 Å². The van der Waals surface area contributed by atoms with Crippen LogP contribution in [0.15, 0.2) is 3.34 Å². The summed E-state index contributed by atoms with van der Waals surface area (Å²) in [6.07, 6.45) is 0.822. The van der Waals surface area contributed by atoms with Gasteiger partial charge in [-0.05, 0) is 0 Å². The fraction of sp³-hybridized carbons (Fsp3) is 0.600. The van der Waals surface area contributed by atoms with Gasteiger partial charge >= 0.3 is 63.7 Å². The Hall–Kier alpha value is -0.351. The van der Waals surface area contributed by atoms with Gasteiger partial charge in [-0.25, -0.2) is 0 Å². The van der Waals surface area contributed by atoms with Crippen molar-refractivity contribution >= 4 is 30.8 Å². The van der Waals surface area contributed by atoms with E-state index >= 15 is 0 Å². The minimum absolute atomic E-state index is 0.822. The van der Waals surface area contributed by atoms with Crippen LogP contribution >= 0.6 is 0 Å². The molecule has 0 radical (unpaired) electrons. The second kappa shape index (κ2) is 3.73. The molecule has 0 saturated carbocycles. The molecular weight excluding hydrogens is 239 g/mol. The van der Waals surface area contributed by atoms with Gasteiger partial charge in [-0.2, -0.15) is 0 Å². The summed E-state index contributed by atoms with van der Waals surface area (Å²) in [5.74, 6) is -1.04. The van der Waals surface area contributed by atoms with Gasteiger partial charge in [-0.3, -0.25) is 0 Å². The van der Waals surface area contributed by atoms with Crippen LogP contribution in [0.1, 0.15) is 0 Å². The Morgan fingerprint density at radius 2 is 2.10 bits per heavy atom. The molecule has 1 N–H and O–H groups in total. The van der Waals surface area contributed by atoms with E-state index in [2.05, 4.69) is 8.13 Å². The predicted molar refractivity (Wildman–Crippen MR) is 39.7 cm³/mol. The van der Waals surface area contributed by atoms with E-state index in [4.69, 9.17) is 5.11 Å². The van der Waals surface area contributed by atoms with Crippen molar-refractivity contribution in [2.75, 3.05) is 0 Å². The number of nitrogens with zero attached hydrogens (tertiary/aromatic N) is 2. The van der Waals surface area contributed by atoms with Gasteiger partial charge in [0.15, 0.2) is 0 Å². The summed E-state index contributed by atoms with van der Waals surface area (Å²) in [5, 5.41) is 8.12. The number of rotatable bonds is 2. The van der Waals surface area contributed by atoms with E-state index in [1.807, 2.05) is 14.8 Å². The van der Waals surface area contributed by atoms with Gasteiger partial charge in [-0.15, -0.1) is 0 Å². The van der Waals surface area contributed by atoms with E-state index in [9.17, 15) is 4.79 Å². The topological polar surface area (TPSA) is 63.8 Å². The van der Waals surface area contributed by atoms with Gasteiger partial charge < -0.3 is 0 Å². The molecule has 0 aromatic carbocycles. The zero-order valence-corrected chi connectivity index (χ0v) is 9.18. The summed E-state index contributed by atoms with van der Waals surface area (Å²) < 4.78 is 3.90. The Morgan fingerprint density at radius 3 is 2.40 bits per heavy atom. The van der Waals surface area contributed by atoms with Crippen molar-refractivity contribution in [1.29, 1.82) is 0 Å². The van der Waals surface area contributed by atoms with Crippen LogP contribution < -0.4 is 0 Å². The Balaban J connectivity index is 4.12. The second-order valence-corrected chi connectivity index (χ2v) is 15.8. The molecule has 0 aliphatic heterocycles. The molecule has 56 valence electrons. The van der Waals surface area contributed by atoms with Gasteiger partial charge in [-0.1, -0.05) is 0 Å². The quantitative estimate of drug-likeness (QED) is 0.338. The molecule has 0 aliphatic rings. The summed E-state index contributed by atoms with van der Waals surface area (Å²) >= 11 is -2.21. The monoisotopic (exact) mass is 251 g/mol. The first-order valence-corrected chi connectivity index (χ1v) is 12.7. The molecule has 0 saturated heterocycles. The molecule has 4 nitrogen and oxygen atoms in total. The van der Waals surface area contributed by atoms with Crippen LogP contribution in [0, 0.1) is 0 Å². The van der Waals surface area contributed by atoms with Crippen molar-refractivity contribution in [2.45, 2.75) is 14.8 Å². The Labute approximate surface area is 63.9 Å². The maximum atomic E-state index is 9.90. The molecule has 5 heteroatoms. The van der Waals surface area contributed by atoms with Crippen molar-refractivity contribution in [1.82, 2.24) is 0 Å². The van der Waals surface area contributed by atoms with Crippen LogP contribution in [0.3, 0.4) is 0 Å². The third-order valence-electron chi connectivity index (χ3n) is 0.526. The van der Waals surface area contributed by atoms with Crippen LogP contribution in [0.5, 0.6) is 0 Å². The zero-order chi connectivity index (χ0) is 8.20. The van der Waals surface area contributed by atoms with E-state index in [-0.39, 0.29) is 0 Å². The Bertz CT molecular complexity index is 188. The number of hydrogen-bond acceptors (Lipinski definition) is 2. The third-order valence-corrected chi connectivity index (χ3v) is 2.57. The van der Waals surface area contributed by atoms with Gasteiger partial charge in [0.25, 0.3) is 0 Å². The summed E-state index contributed by atoms with van der Waals surface area (Å²) in [7, 11) is 0. The molecule has 0 aliphatic carbocycles. The second-order valence-electron chi connectivity index (χ2n) is 2.85. The molecule has 0 spiro atoms.